The first-order chi connectivity index (χ1) is 9.52. The third-order valence-electron chi connectivity index (χ3n) is 2.63. The minimum Gasteiger partial charge on any atom is -0.478 e. The molecule has 0 amide bonds. The molecule has 21 heavy (non-hydrogen) atoms. The Balaban J connectivity index is 0.00000220. The molecule has 2 rings (SSSR count). The van der Waals surface area contributed by atoms with Gasteiger partial charge in [-0.3, -0.25) is 0 Å². The van der Waals surface area contributed by atoms with E-state index in [1.165, 1.54) is 36.4 Å². The summed E-state index contributed by atoms with van der Waals surface area (Å²) in [6, 6.07) is 11.7. The maximum Gasteiger partial charge on any atom is 0.336 e. The van der Waals surface area contributed by atoms with Crippen LogP contribution in [0.4, 0.5) is 0 Å². The van der Waals surface area contributed by atoms with Gasteiger partial charge in [-0.2, -0.15) is 0 Å². The van der Waals surface area contributed by atoms with Crippen molar-refractivity contribution in [1.82, 2.24) is 0 Å². The average Bonchev–Trinajstić information content (AvgIpc) is 2.46. The van der Waals surface area contributed by atoms with Crippen LogP contribution in [0.25, 0.3) is 0 Å². The van der Waals surface area contributed by atoms with Crippen LogP contribution in [-0.2, 0) is 27.9 Å². The molecule has 2 aromatic carbocycles. The summed E-state index contributed by atoms with van der Waals surface area (Å²) in [5.41, 5.74) is -0.211. The van der Waals surface area contributed by atoms with Gasteiger partial charge in [0.25, 0.3) is 0 Å². The Morgan fingerprint density at radius 3 is 1.43 bits per heavy atom. The fourth-order valence-corrected chi connectivity index (χ4v) is 3.08. The van der Waals surface area contributed by atoms with Gasteiger partial charge in [-0.05, 0) is 24.3 Å². The maximum absolute atomic E-state index is 12.5. The van der Waals surface area contributed by atoms with Gasteiger partial charge in [0.05, 0.1) is 31.7 Å². The standard InChI is InChI=1S/C14H10O5S.Mn/c15-13(16)9-5-1-3-7-11(9)20(19)12-8-4-2-6-10(12)14(17)18;/h1-8H,(H,15,16)(H,17,18);. The van der Waals surface area contributed by atoms with E-state index in [1.54, 1.807) is 12.1 Å². The second kappa shape index (κ2) is 7.17. The molecule has 0 atom stereocenters. The molecule has 0 aliphatic carbocycles. The Kier molecular flexibility index (Phi) is 5.84. The second-order valence-electron chi connectivity index (χ2n) is 3.87. The molecule has 0 heterocycles. The van der Waals surface area contributed by atoms with Gasteiger partial charge in [0, 0.05) is 17.1 Å². The zero-order chi connectivity index (χ0) is 14.7. The monoisotopic (exact) mass is 345 g/mol. The van der Waals surface area contributed by atoms with Crippen LogP contribution in [0.2, 0.25) is 0 Å². The van der Waals surface area contributed by atoms with Crippen LogP contribution in [0.5, 0.6) is 0 Å². The summed E-state index contributed by atoms with van der Waals surface area (Å²) in [4.78, 5) is 22.4. The first-order valence-electron chi connectivity index (χ1n) is 5.59. The number of carboxylic acid groups (broad SMARTS) is 2. The Morgan fingerprint density at radius 1 is 0.762 bits per heavy atom. The molecular weight excluding hydrogens is 335 g/mol. The van der Waals surface area contributed by atoms with E-state index in [4.69, 9.17) is 10.2 Å². The Hall–Kier alpha value is -1.95. The Labute approximate surface area is 133 Å². The van der Waals surface area contributed by atoms with Crippen LogP contribution in [0.3, 0.4) is 0 Å². The molecule has 2 N–H and O–H groups in total. The minimum atomic E-state index is -1.87. The zero-order valence-electron chi connectivity index (χ0n) is 10.5. The van der Waals surface area contributed by atoms with Crippen LogP contribution >= 0.6 is 0 Å². The van der Waals surface area contributed by atoms with Crippen molar-refractivity contribution in [3.8, 4) is 0 Å². The normalized spacial score (nSPS) is 9.95. The van der Waals surface area contributed by atoms with Crippen molar-refractivity contribution in [3.05, 3.63) is 59.7 Å². The van der Waals surface area contributed by atoms with E-state index in [0.717, 1.165) is 0 Å². The van der Waals surface area contributed by atoms with Crippen molar-refractivity contribution in [1.29, 1.82) is 0 Å². The van der Waals surface area contributed by atoms with Crippen molar-refractivity contribution >= 4 is 22.7 Å². The van der Waals surface area contributed by atoms with Crippen molar-refractivity contribution in [3.63, 3.8) is 0 Å². The van der Waals surface area contributed by atoms with Gasteiger partial charge in [-0.1, -0.05) is 24.3 Å². The van der Waals surface area contributed by atoms with Gasteiger partial charge in [0.1, 0.15) is 0 Å². The topological polar surface area (TPSA) is 91.7 Å². The molecule has 0 saturated heterocycles. The van der Waals surface area contributed by atoms with Crippen LogP contribution < -0.4 is 0 Å². The average molecular weight is 345 g/mol. The smallest absolute Gasteiger partial charge is 0.336 e. The molecule has 0 unspecified atom stereocenters. The predicted octanol–water partition coefficient (Wildman–Crippen LogP) is 2.25. The van der Waals surface area contributed by atoms with Crippen LogP contribution in [0, 0.1) is 0 Å². The van der Waals surface area contributed by atoms with Gasteiger partial charge in [0.15, 0.2) is 0 Å². The number of carboxylic acids is 2. The van der Waals surface area contributed by atoms with E-state index in [0.29, 0.717) is 0 Å². The predicted molar refractivity (Wildman–Crippen MR) is 71.5 cm³/mol. The fourth-order valence-electron chi connectivity index (χ4n) is 1.73. The first-order valence-corrected chi connectivity index (χ1v) is 6.73. The zero-order valence-corrected chi connectivity index (χ0v) is 12.5. The van der Waals surface area contributed by atoms with Gasteiger partial charge in [0.2, 0.25) is 0 Å². The molecular formula is C14H10MnO5S. The fraction of sp³-hybridized carbons (Fsp3) is 0. The van der Waals surface area contributed by atoms with Crippen molar-refractivity contribution in [2.75, 3.05) is 0 Å². The number of hydrogen-bond acceptors (Lipinski definition) is 3. The summed E-state index contributed by atoms with van der Waals surface area (Å²) in [5.74, 6) is -2.41. The third kappa shape index (κ3) is 3.58. The van der Waals surface area contributed by atoms with Gasteiger partial charge < -0.3 is 10.2 Å². The minimum absolute atomic E-state index is 0. The first kappa shape index (κ1) is 17.1. The Morgan fingerprint density at radius 2 is 1.10 bits per heavy atom. The number of carbonyl (C=O) groups is 2. The van der Waals surface area contributed by atoms with E-state index in [1.807, 2.05) is 0 Å². The summed E-state index contributed by atoms with van der Waals surface area (Å²) < 4.78 is 12.5. The Bertz CT molecular complexity index is 655. The molecule has 1 radical (unpaired) electrons. The van der Waals surface area contributed by atoms with Crippen LogP contribution in [0.15, 0.2) is 58.3 Å². The maximum atomic E-state index is 12.5. The molecule has 0 aliphatic rings. The van der Waals surface area contributed by atoms with Crippen LogP contribution in [-0.4, -0.2) is 26.4 Å². The number of aromatic carboxylic acids is 2. The molecule has 109 valence electrons. The van der Waals surface area contributed by atoms with Crippen molar-refractivity contribution in [2.45, 2.75) is 9.79 Å². The molecule has 0 saturated carbocycles. The van der Waals surface area contributed by atoms with Crippen molar-refractivity contribution in [2.24, 2.45) is 0 Å². The summed E-state index contributed by atoms with van der Waals surface area (Å²) in [7, 11) is -1.87. The van der Waals surface area contributed by atoms with E-state index in [9.17, 15) is 13.8 Å². The van der Waals surface area contributed by atoms with Gasteiger partial charge in [-0.15, -0.1) is 0 Å². The summed E-state index contributed by atoms with van der Waals surface area (Å²) in [6.45, 7) is 0. The van der Waals surface area contributed by atoms with E-state index >= 15 is 0 Å². The molecule has 2 aromatic rings. The van der Waals surface area contributed by atoms with E-state index in [-0.39, 0.29) is 38.0 Å². The summed E-state index contributed by atoms with van der Waals surface area (Å²) in [6.07, 6.45) is 0. The number of hydrogen-bond donors (Lipinski definition) is 2. The number of rotatable bonds is 4. The second-order valence-corrected chi connectivity index (χ2v) is 5.29. The van der Waals surface area contributed by atoms with Crippen molar-refractivity contribution < 1.29 is 41.1 Å². The van der Waals surface area contributed by atoms with Gasteiger partial charge in [-0.25, -0.2) is 13.8 Å². The number of benzene rings is 2. The quantitative estimate of drug-likeness (QED) is 0.830. The summed E-state index contributed by atoms with van der Waals surface area (Å²) >= 11 is 0. The molecule has 0 aromatic heterocycles. The molecule has 0 spiro atoms. The molecule has 0 fully saturated rings. The molecule has 5 nitrogen and oxygen atoms in total. The molecule has 7 heteroatoms. The molecule has 0 aliphatic heterocycles. The van der Waals surface area contributed by atoms with E-state index < -0.39 is 22.7 Å². The third-order valence-corrected chi connectivity index (χ3v) is 4.15. The summed E-state index contributed by atoms with van der Waals surface area (Å²) in [5, 5.41) is 18.2. The largest absolute Gasteiger partial charge is 0.478 e. The van der Waals surface area contributed by atoms with Gasteiger partial charge >= 0.3 is 11.9 Å². The van der Waals surface area contributed by atoms with Crippen LogP contribution in [0.1, 0.15) is 20.7 Å². The SMILES string of the molecule is O=C(O)c1ccccc1S(=O)c1ccccc1C(=O)O.[Mn]. The van der Waals surface area contributed by atoms with E-state index in [2.05, 4.69) is 0 Å². The molecule has 0 bridgehead atoms.